The number of hydrogen-bond acceptors (Lipinski definition) is 5. The quantitative estimate of drug-likeness (QED) is 0.880. The number of anilines is 1. The summed E-state index contributed by atoms with van der Waals surface area (Å²) in [5, 5.41) is 3.49. The molecule has 1 amide bonds. The van der Waals surface area contributed by atoms with E-state index in [2.05, 4.69) is 31.1 Å². The van der Waals surface area contributed by atoms with Crippen LogP contribution in [0.5, 0.6) is 0 Å². The molecule has 1 aromatic rings. The number of aromatic nitrogens is 1. The molecule has 0 bridgehead atoms. The fraction of sp³-hybridized carbons (Fsp3) is 0.684. The van der Waals surface area contributed by atoms with Gasteiger partial charge in [0.2, 0.25) is 5.91 Å². The van der Waals surface area contributed by atoms with Crippen LogP contribution in [-0.4, -0.2) is 79.6 Å². The zero-order valence-electron chi connectivity index (χ0n) is 15.0. The highest BCUT2D eigenvalue weighted by atomic mass is 16.2. The lowest BCUT2D eigenvalue weighted by Crippen LogP contribution is -2.52. The van der Waals surface area contributed by atoms with E-state index in [4.69, 9.17) is 0 Å². The van der Waals surface area contributed by atoms with Gasteiger partial charge in [0.15, 0.2) is 0 Å². The first-order valence-electron chi connectivity index (χ1n) is 9.61. The Balaban J connectivity index is 1.23. The highest BCUT2D eigenvalue weighted by molar-refractivity contribution is 5.78. The normalized spacial score (nSPS) is 24.0. The van der Waals surface area contributed by atoms with E-state index in [0.29, 0.717) is 17.9 Å². The van der Waals surface area contributed by atoms with Crippen LogP contribution >= 0.6 is 0 Å². The minimum atomic E-state index is 0.312. The van der Waals surface area contributed by atoms with Crippen molar-refractivity contribution in [1.82, 2.24) is 20.1 Å². The number of likely N-dealkylation sites (tertiary alicyclic amines) is 1. The number of pyridine rings is 1. The van der Waals surface area contributed by atoms with Gasteiger partial charge in [-0.3, -0.25) is 9.69 Å². The van der Waals surface area contributed by atoms with Gasteiger partial charge in [-0.15, -0.1) is 0 Å². The maximum absolute atomic E-state index is 12.7. The van der Waals surface area contributed by atoms with Gasteiger partial charge < -0.3 is 15.1 Å². The first kappa shape index (κ1) is 16.8. The molecule has 0 radical (unpaired) electrons. The fourth-order valence-corrected chi connectivity index (χ4v) is 4.42. The van der Waals surface area contributed by atoms with Crippen LogP contribution < -0.4 is 10.2 Å². The average molecular weight is 343 g/mol. The molecular formula is C19H29N5O. The highest BCUT2D eigenvalue weighted by Crippen LogP contribution is 2.36. The van der Waals surface area contributed by atoms with Crippen LogP contribution in [0.3, 0.4) is 0 Å². The SMILES string of the molecule is O=C(CN1CCN(c2ccccn2)CC1)N1CCC2(CCNC2)CC1. The number of piperidine rings is 1. The van der Waals surface area contributed by atoms with Gasteiger partial charge in [0.05, 0.1) is 6.54 Å². The number of hydrogen-bond donors (Lipinski definition) is 1. The summed E-state index contributed by atoms with van der Waals surface area (Å²) in [5.74, 6) is 1.35. The molecule has 4 rings (SSSR count). The van der Waals surface area contributed by atoms with Crippen LogP contribution in [0.1, 0.15) is 19.3 Å². The van der Waals surface area contributed by atoms with Gasteiger partial charge in [0, 0.05) is 52.0 Å². The monoisotopic (exact) mass is 343 g/mol. The molecular weight excluding hydrogens is 314 g/mol. The summed E-state index contributed by atoms with van der Waals surface area (Å²) in [4.78, 5) is 23.8. The van der Waals surface area contributed by atoms with Crippen molar-refractivity contribution >= 4 is 11.7 Å². The third kappa shape index (κ3) is 3.80. The number of carbonyl (C=O) groups excluding carboxylic acids is 1. The van der Waals surface area contributed by atoms with E-state index in [1.807, 2.05) is 18.3 Å². The zero-order valence-corrected chi connectivity index (χ0v) is 15.0. The molecule has 0 aliphatic carbocycles. The molecule has 3 aliphatic heterocycles. The standard InChI is InChI=1S/C19H29N5O/c25-18(24-9-5-19(6-10-24)4-8-20-16-19)15-22-11-13-23(14-12-22)17-3-1-2-7-21-17/h1-3,7,20H,4-6,8-16H2. The van der Waals surface area contributed by atoms with Crippen molar-refractivity contribution in [1.29, 1.82) is 0 Å². The van der Waals surface area contributed by atoms with Gasteiger partial charge >= 0.3 is 0 Å². The van der Waals surface area contributed by atoms with Gasteiger partial charge in [-0.2, -0.15) is 0 Å². The van der Waals surface area contributed by atoms with Crippen molar-refractivity contribution in [3.8, 4) is 0 Å². The number of nitrogens with one attached hydrogen (secondary N) is 1. The van der Waals surface area contributed by atoms with Gasteiger partial charge in [-0.1, -0.05) is 6.07 Å². The zero-order chi connectivity index (χ0) is 17.1. The summed E-state index contributed by atoms with van der Waals surface area (Å²) in [5.41, 5.74) is 0.477. The predicted molar refractivity (Wildman–Crippen MR) is 98.6 cm³/mol. The third-order valence-corrected chi connectivity index (χ3v) is 6.21. The number of nitrogens with zero attached hydrogens (tertiary/aromatic N) is 4. The Bertz CT molecular complexity index is 569. The van der Waals surface area contributed by atoms with Crippen LogP contribution in [-0.2, 0) is 4.79 Å². The molecule has 3 aliphatic rings. The average Bonchev–Trinajstić information content (AvgIpc) is 3.11. The number of piperazine rings is 1. The Morgan fingerprint density at radius 2 is 1.88 bits per heavy atom. The van der Waals surface area contributed by atoms with E-state index in [9.17, 15) is 4.79 Å². The minimum Gasteiger partial charge on any atom is -0.354 e. The van der Waals surface area contributed by atoms with Crippen LogP contribution in [0.25, 0.3) is 0 Å². The summed E-state index contributed by atoms with van der Waals surface area (Å²) in [6.07, 6.45) is 5.46. The molecule has 1 N–H and O–H groups in total. The highest BCUT2D eigenvalue weighted by Gasteiger charge is 2.38. The molecule has 0 saturated carbocycles. The Labute approximate surface area is 150 Å². The van der Waals surface area contributed by atoms with Gasteiger partial charge in [0.25, 0.3) is 0 Å². The number of rotatable bonds is 3. The second-order valence-electron chi connectivity index (χ2n) is 7.76. The van der Waals surface area contributed by atoms with Crippen molar-refractivity contribution < 1.29 is 4.79 Å². The minimum absolute atomic E-state index is 0.312. The summed E-state index contributed by atoms with van der Waals surface area (Å²) < 4.78 is 0. The molecule has 1 aromatic heterocycles. The van der Waals surface area contributed by atoms with Crippen LogP contribution in [0, 0.1) is 5.41 Å². The van der Waals surface area contributed by atoms with Crippen molar-refractivity contribution in [3.05, 3.63) is 24.4 Å². The number of carbonyl (C=O) groups is 1. The second-order valence-corrected chi connectivity index (χ2v) is 7.76. The molecule has 4 heterocycles. The summed E-state index contributed by atoms with van der Waals surface area (Å²) in [7, 11) is 0. The van der Waals surface area contributed by atoms with Crippen molar-refractivity contribution in [2.75, 3.05) is 63.8 Å². The summed E-state index contributed by atoms with van der Waals surface area (Å²) in [6.45, 7) is 8.50. The predicted octanol–water partition coefficient (Wildman–Crippen LogP) is 0.806. The van der Waals surface area contributed by atoms with E-state index >= 15 is 0 Å². The second kappa shape index (κ2) is 7.30. The van der Waals surface area contributed by atoms with Crippen LogP contribution in [0.15, 0.2) is 24.4 Å². The summed E-state index contributed by atoms with van der Waals surface area (Å²) in [6, 6.07) is 6.03. The van der Waals surface area contributed by atoms with Crippen molar-refractivity contribution in [2.24, 2.45) is 5.41 Å². The number of amides is 1. The lowest BCUT2D eigenvalue weighted by molar-refractivity contribution is -0.134. The fourth-order valence-electron chi connectivity index (χ4n) is 4.42. The molecule has 6 heteroatoms. The smallest absolute Gasteiger partial charge is 0.236 e. The Kier molecular flexibility index (Phi) is 4.90. The lowest BCUT2D eigenvalue weighted by atomic mass is 9.78. The van der Waals surface area contributed by atoms with Gasteiger partial charge in [-0.05, 0) is 43.4 Å². The third-order valence-electron chi connectivity index (χ3n) is 6.21. The molecule has 6 nitrogen and oxygen atoms in total. The van der Waals surface area contributed by atoms with E-state index in [0.717, 1.165) is 58.2 Å². The van der Waals surface area contributed by atoms with E-state index < -0.39 is 0 Å². The van der Waals surface area contributed by atoms with E-state index in [-0.39, 0.29) is 0 Å². The molecule has 0 atom stereocenters. The maximum atomic E-state index is 12.7. The molecule has 25 heavy (non-hydrogen) atoms. The van der Waals surface area contributed by atoms with Gasteiger partial charge in [0.1, 0.15) is 5.82 Å². The first-order valence-corrected chi connectivity index (χ1v) is 9.61. The molecule has 0 aromatic carbocycles. The van der Waals surface area contributed by atoms with Crippen molar-refractivity contribution in [2.45, 2.75) is 19.3 Å². The molecule has 1 spiro atoms. The first-order chi connectivity index (χ1) is 12.2. The van der Waals surface area contributed by atoms with E-state index in [1.165, 1.54) is 19.3 Å². The molecule has 3 fully saturated rings. The molecule has 3 saturated heterocycles. The largest absolute Gasteiger partial charge is 0.354 e. The Morgan fingerprint density at radius 3 is 2.52 bits per heavy atom. The summed E-state index contributed by atoms with van der Waals surface area (Å²) >= 11 is 0. The van der Waals surface area contributed by atoms with Crippen molar-refractivity contribution in [3.63, 3.8) is 0 Å². The maximum Gasteiger partial charge on any atom is 0.236 e. The molecule has 136 valence electrons. The lowest BCUT2D eigenvalue weighted by Gasteiger charge is -2.40. The Hall–Kier alpha value is -1.66. The van der Waals surface area contributed by atoms with Crippen LogP contribution in [0.4, 0.5) is 5.82 Å². The Morgan fingerprint density at radius 1 is 1.08 bits per heavy atom. The van der Waals surface area contributed by atoms with Crippen LogP contribution in [0.2, 0.25) is 0 Å². The van der Waals surface area contributed by atoms with E-state index in [1.54, 1.807) is 0 Å². The molecule has 0 unspecified atom stereocenters. The topological polar surface area (TPSA) is 51.7 Å². The van der Waals surface area contributed by atoms with Gasteiger partial charge in [-0.25, -0.2) is 4.98 Å².